The SMILES string of the molecule is COC(=O)c1c(N)c(C#N)cn1-c1cc(F)ccc1-n1ccc(C(=O)O)n1. The van der Waals surface area contributed by atoms with Gasteiger partial charge in [-0.3, -0.25) is 0 Å². The summed E-state index contributed by atoms with van der Waals surface area (Å²) in [7, 11) is 1.14. The van der Waals surface area contributed by atoms with E-state index in [1.54, 1.807) is 0 Å². The standard InChI is InChI=1S/C17H12FN5O4/c1-27-17(26)15-14(20)9(7-19)8-22(15)13-6-10(18)2-3-12(13)23-5-4-11(21-23)16(24)25/h2-6,8H,20H2,1H3,(H,24,25). The van der Waals surface area contributed by atoms with Gasteiger partial charge in [0.25, 0.3) is 0 Å². The second kappa shape index (κ2) is 6.64. The van der Waals surface area contributed by atoms with Crippen molar-refractivity contribution in [3.8, 4) is 17.4 Å². The summed E-state index contributed by atoms with van der Waals surface area (Å²) < 4.78 is 21.1. The van der Waals surface area contributed by atoms with Crippen LogP contribution in [0.2, 0.25) is 0 Å². The van der Waals surface area contributed by atoms with Gasteiger partial charge in [-0.1, -0.05) is 0 Å². The van der Waals surface area contributed by atoms with Crippen LogP contribution in [-0.2, 0) is 4.74 Å². The van der Waals surface area contributed by atoms with Crippen LogP contribution in [0.3, 0.4) is 0 Å². The molecule has 3 aromatic rings. The van der Waals surface area contributed by atoms with Crippen LogP contribution < -0.4 is 5.73 Å². The molecule has 27 heavy (non-hydrogen) atoms. The first-order chi connectivity index (χ1) is 12.9. The van der Waals surface area contributed by atoms with E-state index in [2.05, 4.69) is 5.10 Å². The van der Waals surface area contributed by atoms with E-state index in [9.17, 15) is 19.2 Å². The van der Waals surface area contributed by atoms with Crippen molar-refractivity contribution in [2.75, 3.05) is 12.8 Å². The lowest BCUT2D eigenvalue weighted by molar-refractivity contribution is 0.0592. The van der Waals surface area contributed by atoms with Gasteiger partial charge in [-0.2, -0.15) is 10.4 Å². The van der Waals surface area contributed by atoms with Gasteiger partial charge >= 0.3 is 11.9 Å². The summed E-state index contributed by atoms with van der Waals surface area (Å²) in [6, 6.07) is 6.72. The van der Waals surface area contributed by atoms with E-state index in [0.29, 0.717) is 0 Å². The quantitative estimate of drug-likeness (QED) is 0.668. The number of aromatic nitrogens is 3. The van der Waals surface area contributed by atoms with Gasteiger partial charge in [0.15, 0.2) is 11.4 Å². The number of carboxylic acid groups (broad SMARTS) is 1. The molecule has 0 radical (unpaired) electrons. The van der Waals surface area contributed by atoms with Crippen molar-refractivity contribution >= 4 is 17.6 Å². The number of carbonyl (C=O) groups is 2. The number of aromatic carboxylic acids is 1. The highest BCUT2D eigenvalue weighted by Gasteiger charge is 2.24. The topological polar surface area (TPSA) is 136 Å². The average Bonchev–Trinajstić information content (AvgIpc) is 3.26. The zero-order valence-corrected chi connectivity index (χ0v) is 13.9. The smallest absolute Gasteiger partial charge is 0.357 e. The first kappa shape index (κ1) is 17.7. The van der Waals surface area contributed by atoms with E-state index >= 15 is 0 Å². The molecule has 2 heterocycles. The molecule has 0 atom stereocenters. The van der Waals surface area contributed by atoms with E-state index in [0.717, 1.165) is 19.2 Å². The number of anilines is 1. The normalized spacial score (nSPS) is 10.4. The number of nitrogen functional groups attached to an aromatic ring is 1. The van der Waals surface area contributed by atoms with Crippen LogP contribution in [0.1, 0.15) is 26.5 Å². The molecule has 136 valence electrons. The number of halogens is 1. The third-order valence-electron chi connectivity index (χ3n) is 3.80. The Kier molecular flexibility index (Phi) is 4.35. The Bertz CT molecular complexity index is 1110. The highest BCUT2D eigenvalue weighted by atomic mass is 19.1. The number of rotatable bonds is 4. The number of nitrogens with zero attached hydrogens (tertiary/aromatic N) is 4. The van der Waals surface area contributed by atoms with Crippen molar-refractivity contribution in [3.05, 3.63) is 59.4 Å². The Morgan fingerprint density at radius 1 is 1.33 bits per heavy atom. The number of carboxylic acids is 1. The number of carbonyl (C=O) groups excluding carboxylic acids is 1. The molecule has 3 rings (SSSR count). The molecule has 1 aromatic carbocycles. The lowest BCUT2D eigenvalue weighted by Gasteiger charge is -2.13. The zero-order valence-electron chi connectivity index (χ0n) is 13.9. The van der Waals surface area contributed by atoms with Gasteiger partial charge in [0.1, 0.15) is 11.9 Å². The predicted molar refractivity (Wildman–Crippen MR) is 90.3 cm³/mol. The van der Waals surface area contributed by atoms with Crippen molar-refractivity contribution in [2.45, 2.75) is 0 Å². The van der Waals surface area contributed by atoms with E-state index in [4.69, 9.17) is 15.6 Å². The summed E-state index contributed by atoms with van der Waals surface area (Å²) in [5.74, 6) is -2.68. The number of methoxy groups -OCH3 is 1. The van der Waals surface area contributed by atoms with Crippen LogP contribution in [0.4, 0.5) is 10.1 Å². The molecular weight excluding hydrogens is 357 g/mol. The molecule has 9 nitrogen and oxygen atoms in total. The molecule has 3 N–H and O–H groups in total. The Morgan fingerprint density at radius 2 is 2.07 bits per heavy atom. The number of nitrogens with two attached hydrogens (primary N) is 1. The summed E-state index contributed by atoms with van der Waals surface area (Å²) in [4.78, 5) is 23.2. The molecule has 0 aliphatic carbocycles. The van der Waals surface area contributed by atoms with E-state index in [1.807, 2.05) is 6.07 Å². The van der Waals surface area contributed by atoms with Crippen LogP contribution in [0.25, 0.3) is 11.4 Å². The van der Waals surface area contributed by atoms with Gasteiger partial charge in [0.05, 0.1) is 29.7 Å². The fourth-order valence-corrected chi connectivity index (χ4v) is 2.56. The van der Waals surface area contributed by atoms with Crippen LogP contribution in [0.5, 0.6) is 0 Å². The van der Waals surface area contributed by atoms with Crippen molar-refractivity contribution < 1.29 is 23.8 Å². The molecule has 10 heteroatoms. The van der Waals surface area contributed by atoms with Crippen LogP contribution in [-0.4, -0.2) is 38.5 Å². The molecule has 0 fully saturated rings. The van der Waals surface area contributed by atoms with Crippen molar-refractivity contribution in [1.29, 1.82) is 5.26 Å². The molecule has 0 saturated heterocycles. The van der Waals surface area contributed by atoms with Gasteiger partial charge < -0.3 is 20.1 Å². The Balaban J connectivity index is 2.29. The molecule has 0 spiro atoms. The number of ether oxygens (including phenoxy) is 1. The minimum absolute atomic E-state index is 0.00250. The third kappa shape index (κ3) is 2.98. The summed E-state index contributed by atoms with van der Waals surface area (Å²) in [5.41, 5.74) is 5.73. The third-order valence-corrected chi connectivity index (χ3v) is 3.80. The largest absolute Gasteiger partial charge is 0.476 e. The first-order valence-corrected chi connectivity index (χ1v) is 7.46. The maximum Gasteiger partial charge on any atom is 0.357 e. The second-order valence-corrected chi connectivity index (χ2v) is 5.36. The number of hydrogen-bond donors (Lipinski definition) is 2. The Labute approximate surface area is 151 Å². The lowest BCUT2D eigenvalue weighted by atomic mass is 10.2. The van der Waals surface area contributed by atoms with E-state index in [-0.39, 0.29) is 34.0 Å². The molecule has 0 aliphatic heterocycles. The van der Waals surface area contributed by atoms with Gasteiger partial charge in [-0.05, 0) is 18.2 Å². The van der Waals surface area contributed by atoms with Gasteiger partial charge in [0, 0.05) is 18.5 Å². The fourth-order valence-electron chi connectivity index (χ4n) is 2.56. The van der Waals surface area contributed by atoms with Crippen molar-refractivity contribution in [1.82, 2.24) is 14.3 Å². The summed E-state index contributed by atoms with van der Waals surface area (Å²) in [5, 5.41) is 22.2. The maximum absolute atomic E-state index is 13.9. The van der Waals surface area contributed by atoms with Gasteiger partial charge in [-0.15, -0.1) is 0 Å². The minimum atomic E-state index is -1.23. The van der Waals surface area contributed by atoms with E-state index < -0.39 is 17.8 Å². The number of esters is 1. The molecular formula is C17H12FN5O4. The number of benzene rings is 1. The average molecular weight is 369 g/mol. The summed E-state index contributed by atoms with van der Waals surface area (Å²) >= 11 is 0. The van der Waals surface area contributed by atoms with Crippen LogP contribution in [0.15, 0.2) is 36.7 Å². The van der Waals surface area contributed by atoms with Crippen LogP contribution >= 0.6 is 0 Å². The molecule has 2 aromatic heterocycles. The monoisotopic (exact) mass is 369 g/mol. The Morgan fingerprint density at radius 3 is 2.67 bits per heavy atom. The van der Waals surface area contributed by atoms with Crippen LogP contribution in [0, 0.1) is 17.1 Å². The lowest BCUT2D eigenvalue weighted by Crippen LogP contribution is -2.13. The molecule has 0 unspecified atom stereocenters. The summed E-state index contributed by atoms with van der Waals surface area (Å²) in [6.07, 6.45) is 2.64. The van der Waals surface area contributed by atoms with Gasteiger partial charge in [0.2, 0.25) is 0 Å². The molecule has 0 bridgehead atoms. The second-order valence-electron chi connectivity index (χ2n) is 5.36. The maximum atomic E-state index is 13.9. The molecule has 0 saturated carbocycles. The zero-order chi connectivity index (χ0) is 19.7. The highest BCUT2D eigenvalue weighted by molar-refractivity contribution is 5.96. The predicted octanol–water partition coefficient (Wildman–Crippen LogP) is 1.74. The fraction of sp³-hybridized carbons (Fsp3) is 0.0588. The van der Waals surface area contributed by atoms with E-state index in [1.165, 1.54) is 33.8 Å². The molecule has 0 aliphatic rings. The van der Waals surface area contributed by atoms with Gasteiger partial charge in [-0.25, -0.2) is 18.7 Å². The number of hydrogen-bond acceptors (Lipinski definition) is 6. The highest BCUT2D eigenvalue weighted by Crippen LogP contribution is 2.28. The minimum Gasteiger partial charge on any atom is -0.476 e. The van der Waals surface area contributed by atoms with Crippen molar-refractivity contribution in [3.63, 3.8) is 0 Å². The summed E-state index contributed by atoms with van der Waals surface area (Å²) in [6.45, 7) is 0. The number of nitriles is 1. The molecule has 0 amide bonds. The van der Waals surface area contributed by atoms with Crippen molar-refractivity contribution in [2.24, 2.45) is 0 Å². The Hall–Kier alpha value is -4.13. The first-order valence-electron chi connectivity index (χ1n) is 7.46.